The molecule has 2 aromatic rings. The molecule has 2 rings (SSSR count). The molecule has 0 fully saturated rings. The molecule has 0 spiro atoms. The van der Waals surface area contributed by atoms with E-state index >= 15 is 0 Å². The third-order valence-corrected chi connectivity index (χ3v) is 3.35. The third-order valence-electron chi connectivity index (χ3n) is 3.35. The molecule has 0 aliphatic carbocycles. The zero-order valence-electron chi connectivity index (χ0n) is 12.3. The molecule has 0 saturated heterocycles. The highest BCUT2D eigenvalue weighted by Crippen LogP contribution is 2.38. The van der Waals surface area contributed by atoms with Crippen molar-refractivity contribution < 1.29 is 18.3 Å². The highest BCUT2D eigenvalue weighted by Gasteiger charge is 2.42. The molecule has 1 heterocycles. The molecule has 21 heavy (non-hydrogen) atoms. The van der Waals surface area contributed by atoms with Crippen LogP contribution in [0.2, 0.25) is 0 Å². The van der Waals surface area contributed by atoms with Crippen LogP contribution >= 0.6 is 0 Å². The quantitative estimate of drug-likeness (QED) is 0.917. The van der Waals surface area contributed by atoms with E-state index in [-0.39, 0.29) is 5.56 Å². The summed E-state index contributed by atoms with van der Waals surface area (Å²) in [6.07, 6.45) is -3.53. The summed E-state index contributed by atoms with van der Waals surface area (Å²) in [4.78, 5) is 0. The first kappa shape index (κ1) is 15.6. The van der Waals surface area contributed by atoms with Gasteiger partial charge in [0.1, 0.15) is 0 Å². The Kier molecular flexibility index (Phi) is 3.61. The van der Waals surface area contributed by atoms with E-state index in [2.05, 4.69) is 5.10 Å². The smallest absolute Gasteiger partial charge is 0.386 e. The fourth-order valence-corrected chi connectivity index (χ4v) is 2.38. The number of aromatic nitrogens is 2. The maximum atomic E-state index is 13.4. The summed E-state index contributed by atoms with van der Waals surface area (Å²) in [6.45, 7) is 6.09. The average molecular weight is 298 g/mol. The SMILES string of the molecule is Cc1cccc(C)c1-n1ncc(C(C)(C)O)c1C(F)(F)F. The monoisotopic (exact) mass is 298 g/mol. The lowest BCUT2D eigenvalue weighted by Gasteiger charge is -2.21. The number of hydrogen-bond donors (Lipinski definition) is 1. The zero-order valence-corrected chi connectivity index (χ0v) is 12.3. The van der Waals surface area contributed by atoms with Gasteiger partial charge in [-0.25, -0.2) is 4.68 Å². The highest BCUT2D eigenvalue weighted by atomic mass is 19.4. The minimum Gasteiger partial charge on any atom is -0.386 e. The predicted octanol–water partition coefficient (Wildman–Crippen LogP) is 3.74. The van der Waals surface area contributed by atoms with Crippen molar-refractivity contribution in [2.24, 2.45) is 0 Å². The largest absolute Gasteiger partial charge is 0.433 e. The van der Waals surface area contributed by atoms with Crippen molar-refractivity contribution in [3.8, 4) is 5.69 Å². The number of nitrogens with zero attached hydrogens (tertiary/aromatic N) is 2. The van der Waals surface area contributed by atoms with E-state index in [9.17, 15) is 18.3 Å². The van der Waals surface area contributed by atoms with Crippen molar-refractivity contribution >= 4 is 0 Å². The van der Waals surface area contributed by atoms with Gasteiger partial charge in [0.2, 0.25) is 0 Å². The molecule has 0 aliphatic rings. The number of benzene rings is 1. The number of para-hydroxylation sites is 1. The molecule has 0 saturated carbocycles. The highest BCUT2D eigenvalue weighted by molar-refractivity contribution is 5.49. The Morgan fingerprint density at radius 3 is 2.05 bits per heavy atom. The van der Waals surface area contributed by atoms with E-state index in [1.165, 1.54) is 13.8 Å². The second-order valence-corrected chi connectivity index (χ2v) is 5.62. The van der Waals surface area contributed by atoms with Crippen molar-refractivity contribution in [1.82, 2.24) is 9.78 Å². The second kappa shape index (κ2) is 4.87. The van der Waals surface area contributed by atoms with Gasteiger partial charge in [0, 0.05) is 5.56 Å². The minimum absolute atomic E-state index is 0.238. The molecular formula is C15H17F3N2O. The van der Waals surface area contributed by atoms with Gasteiger partial charge in [-0.1, -0.05) is 18.2 Å². The van der Waals surface area contributed by atoms with Crippen molar-refractivity contribution in [2.75, 3.05) is 0 Å². The molecule has 0 amide bonds. The first-order valence-corrected chi connectivity index (χ1v) is 6.48. The number of aliphatic hydroxyl groups is 1. The summed E-state index contributed by atoms with van der Waals surface area (Å²) >= 11 is 0. The fourth-order valence-electron chi connectivity index (χ4n) is 2.38. The Morgan fingerprint density at radius 1 is 1.10 bits per heavy atom. The lowest BCUT2D eigenvalue weighted by atomic mass is 9.98. The van der Waals surface area contributed by atoms with Gasteiger partial charge in [0.05, 0.1) is 17.5 Å². The minimum atomic E-state index is -4.61. The summed E-state index contributed by atoms with van der Waals surface area (Å²) in [5, 5.41) is 13.9. The van der Waals surface area contributed by atoms with Crippen LogP contribution in [0.15, 0.2) is 24.4 Å². The molecule has 1 N–H and O–H groups in total. The van der Waals surface area contributed by atoms with E-state index in [1.54, 1.807) is 32.0 Å². The van der Waals surface area contributed by atoms with E-state index < -0.39 is 17.5 Å². The first-order chi connectivity index (χ1) is 9.53. The predicted molar refractivity (Wildman–Crippen MR) is 73.3 cm³/mol. The van der Waals surface area contributed by atoms with Crippen LogP contribution in [0.1, 0.15) is 36.2 Å². The molecule has 1 aromatic carbocycles. The van der Waals surface area contributed by atoms with Crippen molar-refractivity contribution in [3.05, 3.63) is 46.8 Å². The molecule has 0 bridgehead atoms. The number of alkyl halides is 3. The lowest BCUT2D eigenvalue weighted by molar-refractivity contribution is -0.145. The molecule has 0 atom stereocenters. The Balaban J connectivity index is 2.80. The fraction of sp³-hybridized carbons (Fsp3) is 0.400. The first-order valence-electron chi connectivity index (χ1n) is 6.48. The van der Waals surface area contributed by atoms with Crippen LogP contribution in [0.25, 0.3) is 5.69 Å². The second-order valence-electron chi connectivity index (χ2n) is 5.62. The molecule has 1 aromatic heterocycles. The van der Waals surface area contributed by atoms with Gasteiger partial charge in [0.15, 0.2) is 5.69 Å². The summed E-state index contributed by atoms with van der Waals surface area (Å²) in [5.74, 6) is 0. The Hall–Kier alpha value is -1.82. The van der Waals surface area contributed by atoms with Crippen molar-refractivity contribution in [3.63, 3.8) is 0 Å². The van der Waals surface area contributed by atoms with Crippen LogP contribution in [0.4, 0.5) is 13.2 Å². The maximum absolute atomic E-state index is 13.4. The summed E-state index contributed by atoms with van der Waals surface area (Å²) in [6, 6.07) is 5.24. The molecule has 3 nitrogen and oxygen atoms in total. The van der Waals surface area contributed by atoms with E-state index in [4.69, 9.17) is 0 Å². The van der Waals surface area contributed by atoms with Gasteiger partial charge >= 0.3 is 6.18 Å². The maximum Gasteiger partial charge on any atom is 0.433 e. The zero-order chi connectivity index (χ0) is 16.0. The molecule has 0 unspecified atom stereocenters. The Morgan fingerprint density at radius 2 is 1.62 bits per heavy atom. The van der Waals surface area contributed by atoms with Crippen molar-refractivity contribution in [1.29, 1.82) is 0 Å². The van der Waals surface area contributed by atoms with Crippen LogP contribution < -0.4 is 0 Å². The van der Waals surface area contributed by atoms with Crippen molar-refractivity contribution in [2.45, 2.75) is 39.5 Å². The van der Waals surface area contributed by atoms with Gasteiger partial charge in [-0.2, -0.15) is 18.3 Å². The van der Waals surface area contributed by atoms with Gasteiger partial charge in [-0.3, -0.25) is 0 Å². The molecule has 0 radical (unpaired) electrons. The lowest BCUT2D eigenvalue weighted by Crippen LogP contribution is -2.23. The molecule has 114 valence electrons. The Labute approximate surface area is 121 Å². The van der Waals surface area contributed by atoms with Crippen LogP contribution in [0.5, 0.6) is 0 Å². The standard InChI is InChI=1S/C15H17F3N2O/c1-9-6-5-7-10(2)12(9)20-13(15(16,17)18)11(8-19-20)14(3,4)21/h5-8,21H,1-4H3. The topological polar surface area (TPSA) is 38.0 Å². The average Bonchev–Trinajstić information content (AvgIpc) is 2.72. The summed E-state index contributed by atoms with van der Waals surface area (Å²) in [7, 11) is 0. The van der Waals surface area contributed by atoms with Crippen LogP contribution in [-0.4, -0.2) is 14.9 Å². The van der Waals surface area contributed by atoms with E-state index in [0.717, 1.165) is 10.9 Å². The summed E-state index contributed by atoms with van der Waals surface area (Å²) in [5.41, 5.74) is -1.04. The molecule has 0 aliphatic heterocycles. The van der Waals surface area contributed by atoms with Crippen LogP contribution in [0, 0.1) is 13.8 Å². The normalized spacial score (nSPS) is 12.8. The van der Waals surface area contributed by atoms with Crippen LogP contribution in [0.3, 0.4) is 0 Å². The number of rotatable bonds is 2. The van der Waals surface area contributed by atoms with Gasteiger partial charge in [0.25, 0.3) is 0 Å². The number of halogens is 3. The van der Waals surface area contributed by atoms with Gasteiger partial charge in [-0.05, 0) is 38.8 Å². The molecular weight excluding hydrogens is 281 g/mol. The number of hydrogen-bond acceptors (Lipinski definition) is 2. The van der Waals surface area contributed by atoms with Gasteiger partial charge < -0.3 is 5.11 Å². The van der Waals surface area contributed by atoms with E-state index in [0.29, 0.717) is 16.8 Å². The molecule has 6 heteroatoms. The third kappa shape index (κ3) is 2.81. The Bertz CT molecular complexity index is 646. The van der Waals surface area contributed by atoms with Crippen LogP contribution in [-0.2, 0) is 11.8 Å². The summed E-state index contributed by atoms with van der Waals surface area (Å²) < 4.78 is 41.2. The van der Waals surface area contributed by atoms with E-state index in [1.807, 2.05) is 0 Å². The number of aryl methyl sites for hydroxylation is 2. The van der Waals surface area contributed by atoms with Gasteiger partial charge in [-0.15, -0.1) is 0 Å².